The number of hydrogen-bond donors (Lipinski definition) is 0. The van der Waals surface area contributed by atoms with E-state index in [0.29, 0.717) is 0 Å². The van der Waals surface area contributed by atoms with E-state index in [9.17, 15) is 0 Å². The van der Waals surface area contributed by atoms with Gasteiger partial charge in [-0.15, -0.1) is 11.3 Å². The smallest absolute Gasteiger partial charge is 0.172 e. The summed E-state index contributed by atoms with van der Waals surface area (Å²) in [6.07, 6.45) is 0. The Hall–Kier alpha value is -2.07. The van der Waals surface area contributed by atoms with Gasteiger partial charge in [0.15, 0.2) is 11.5 Å². The number of rotatable bonds is 3. The second-order valence-corrected chi connectivity index (χ2v) is 7.07. The normalized spacial score (nSPS) is 11.6. The van der Waals surface area contributed by atoms with Crippen molar-refractivity contribution in [3.8, 4) is 22.1 Å². The maximum atomic E-state index is 6.15. The molecule has 2 aromatic carbocycles. The van der Waals surface area contributed by atoms with Crippen LogP contribution in [0.5, 0.6) is 11.5 Å². The topological polar surface area (TPSA) is 31.4 Å². The van der Waals surface area contributed by atoms with E-state index in [1.807, 2.05) is 57.2 Å². The Morgan fingerprint density at radius 2 is 1.77 bits per heavy atom. The molecule has 0 unspecified atom stereocenters. The molecule has 1 aromatic heterocycles. The van der Waals surface area contributed by atoms with Crippen molar-refractivity contribution in [2.75, 3.05) is 7.11 Å². The van der Waals surface area contributed by atoms with Gasteiger partial charge in [0.05, 0.1) is 22.9 Å². The van der Waals surface area contributed by atoms with Crippen molar-refractivity contribution in [1.82, 2.24) is 4.98 Å². The van der Waals surface area contributed by atoms with Crippen LogP contribution in [0.1, 0.15) is 20.8 Å². The first kappa shape index (κ1) is 14.9. The van der Waals surface area contributed by atoms with Crippen LogP contribution in [0, 0.1) is 0 Å². The van der Waals surface area contributed by atoms with Crippen LogP contribution in [0.2, 0.25) is 0 Å². The molecule has 4 heteroatoms. The zero-order chi connectivity index (χ0) is 15.7. The van der Waals surface area contributed by atoms with Crippen LogP contribution in [-0.4, -0.2) is 17.7 Å². The van der Waals surface area contributed by atoms with Crippen molar-refractivity contribution < 1.29 is 9.47 Å². The fourth-order valence-electron chi connectivity index (χ4n) is 2.24. The standard InChI is InChI=1S/C18H19NO2S/c1-18(2,3)21-16-12(8-7-10-14(16)20-4)17-19-13-9-5-6-11-15(13)22-17/h5-11H,1-4H3. The molecule has 0 atom stereocenters. The van der Waals surface area contributed by atoms with Crippen LogP contribution in [0.3, 0.4) is 0 Å². The Bertz CT molecular complexity index is 769. The van der Waals surface area contributed by atoms with Crippen molar-refractivity contribution in [3.05, 3.63) is 42.5 Å². The highest BCUT2D eigenvalue weighted by atomic mass is 32.1. The lowest BCUT2D eigenvalue weighted by Crippen LogP contribution is -2.23. The van der Waals surface area contributed by atoms with Gasteiger partial charge < -0.3 is 9.47 Å². The minimum absolute atomic E-state index is 0.305. The lowest BCUT2D eigenvalue weighted by atomic mass is 10.1. The maximum absolute atomic E-state index is 6.15. The summed E-state index contributed by atoms with van der Waals surface area (Å²) in [5.41, 5.74) is 1.67. The third-order valence-corrected chi connectivity index (χ3v) is 4.20. The summed E-state index contributed by atoms with van der Waals surface area (Å²) in [6.45, 7) is 6.09. The summed E-state index contributed by atoms with van der Waals surface area (Å²) in [5.74, 6) is 1.48. The molecule has 3 rings (SSSR count). The van der Waals surface area contributed by atoms with Gasteiger partial charge in [-0.05, 0) is 45.0 Å². The number of ether oxygens (including phenoxy) is 2. The fourth-order valence-corrected chi connectivity index (χ4v) is 3.23. The first-order valence-electron chi connectivity index (χ1n) is 7.20. The first-order chi connectivity index (χ1) is 10.5. The van der Waals surface area contributed by atoms with Gasteiger partial charge in [-0.2, -0.15) is 0 Å². The van der Waals surface area contributed by atoms with E-state index in [4.69, 9.17) is 14.5 Å². The molecule has 0 fully saturated rings. The lowest BCUT2D eigenvalue weighted by Gasteiger charge is -2.24. The number of fused-ring (bicyclic) bond motifs is 1. The monoisotopic (exact) mass is 313 g/mol. The lowest BCUT2D eigenvalue weighted by molar-refractivity contribution is 0.126. The first-order valence-corrected chi connectivity index (χ1v) is 8.01. The second-order valence-electron chi connectivity index (χ2n) is 6.04. The fraction of sp³-hybridized carbons (Fsp3) is 0.278. The highest BCUT2D eigenvalue weighted by molar-refractivity contribution is 7.21. The van der Waals surface area contributed by atoms with E-state index in [2.05, 4.69) is 6.07 Å². The Labute approximate surface area is 134 Å². The zero-order valence-corrected chi connectivity index (χ0v) is 14.0. The number of hydrogen-bond acceptors (Lipinski definition) is 4. The Morgan fingerprint density at radius 1 is 1.00 bits per heavy atom. The number of nitrogens with zero attached hydrogens (tertiary/aromatic N) is 1. The number of benzene rings is 2. The average Bonchev–Trinajstić information content (AvgIpc) is 2.89. The predicted molar refractivity (Wildman–Crippen MR) is 92.0 cm³/mol. The van der Waals surface area contributed by atoms with E-state index >= 15 is 0 Å². The third kappa shape index (κ3) is 2.92. The van der Waals surface area contributed by atoms with Gasteiger partial charge in [0.2, 0.25) is 0 Å². The van der Waals surface area contributed by atoms with Gasteiger partial charge in [-0.1, -0.05) is 18.2 Å². The number of para-hydroxylation sites is 2. The summed E-state index contributed by atoms with van der Waals surface area (Å²) in [6, 6.07) is 14.1. The van der Waals surface area contributed by atoms with Gasteiger partial charge in [-0.3, -0.25) is 0 Å². The molecule has 22 heavy (non-hydrogen) atoms. The van der Waals surface area contributed by atoms with Gasteiger partial charge in [0, 0.05) is 0 Å². The summed E-state index contributed by atoms with van der Waals surface area (Å²) in [7, 11) is 1.66. The largest absolute Gasteiger partial charge is 0.493 e. The van der Waals surface area contributed by atoms with Gasteiger partial charge in [-0.25, -0.2) is 4.98 Å². The van der Waals surface area contributed by atoms with Crippen molar-refractivity contribution in [2.24, 2.45) is 0 Å². The molecule has 0 saturated carbocycles. The Morgan fingerprint density at radius 3 is 2.45 bits per heavy atom. The average molecular weight is 313 g/mol. The summed E-state index contributed by atoms with van der Waals surface area (Å²) < 4.78 is 12.8. The molecule has 3 nitrogen and oxygen atoms in total. The van der Waals surface area contributed by atoms with Crippen molar-refractivity contribution in [1.29, 1.82) is 0 Å². The minimum Gasteiger partial charge on any atom is -0.493 e. The summed E-state index contributed by atoms with van der Waals surface area (Å²) in [4.78, 5) is 4.73. The minimum atomic E-state index is -0.305. The molecule has 0 radical (unpaired) electrons. The van der Waals surface area contributed by atoms with Gasteiger partial charge >= 0.3 is 0 Å². The summed E-state index contributed by atoms with van der Waals surface area (Å²) >= 11 is 1.66. The molecule has 0 aliphatic carbocycles. The molecule has 0 N–H and O–H groups in total. The van der Waals surface area contributed by atoms with E-state index in [1.54, 1.807) is 18.4 Å². The molecule has 0 amide bonds. The van der Waals surface area contributed by atoms with Crippen molar-refractivity contribution >= 4 is 21.6 Å². The van der Waals surface area contributed by atoms with E-state index in [-0.39, 0.29) is 5.60 Å². The van der Waals surface area contributed by atoms with Crippen LogP contribution in [0.15, 0.2) is 42.5 Å². The van der Waals surface area contributed by atoms with Crippen LogP contribution in [-0.2, 0) is 0 Å². The molecular weight excluding hydrogens is 294 g/mol. The molecule has 0 aliphatic rings. The van der Waals surface area contributed by atoms with Crippen LogP contribution < -0.4 is 9.47 Å². The van der Waals surface area contributed by atoms with Crippen molar-refractivity contribution in [3.63, 3.8) is 0 Å². The molecule has 3 aromatic rings. The Balaban J connectivity index is 2.16. The predicted octanol–water partition coefficient (Wildman–Crippen LogP) is 5.15. The quantitative estimate of drug-likeness (QED) is 0.670. The molecule has 114 valence electrons. The summed E-state index contributed by atoms with van der Waals surface area (Å²) in [5, 5.41) is 0.944. The van der Waals surface area contributed by atoms with E-state index in [0.717, 1.165) is 27.6 Å². The molecule has 0 bridgehead atoms. The number of methoxy groups -OCH3 is 1. The molecular formula is C18H19NO2S. The highest BCUT2D eigenvalue weighted by Gasteiger charge is 2.21. The third-order valence-electron chi connectivity index (χ3n) is 3.13. The van der Waals surface area contributed by atoms with Crippen LogP contribution in [0.4, 0.5) is 0 Å². The molecule has 0 aliphatic heterocycles. The molecule has 0 spiro atoms. The number of aromatic nitrogens is 1. The highest BCUT2D eigenvalue weighted by Crippen LogP contribution is 2.42. The number of thiazole rings is 1. The van der Waals surface area contributed by atoms with Crippen LogP contribution in [0.25, 0.3) is 20.8 Å². The van der Waals surface area contributed by atoms with E-state index in [1.165, 1.54) is 4.70 Å². The van der Waals surface area contributed by atoms with Crippen molar-refractivity contribution in [2.45, 2.75) is 26.4 Å². The van der Waals surface area contributed by atoms with E-state index < -0.39 is 0 Å². The second kappa shape index (κ2) is 5.61. The zero-order valence-electron chi connectivity index (χ0n) is 13.2. The maximum Gasteiger partial charge on any atom is 0.172 e. The molecule has 0 saturated heterocycles. The molecule has 1 heterocycles. The Kier molecular flexibility index (Phi) is 3.79. The SMILES string of the molecule is COc1cccc(-c2nc3ccccc3s2)c1OC(C)(C)C. The van der Waals surface area contributed by atoms with Gasteiger partial charge in [0.25, 0.3) is 0 Å². The van der Waals surface area contributed by atoms with Gasteiger partial charge in [0.1, 0.15) is 10.6 Å². The van der Waals surface area contributed by atoms with Crippen LogP contribution >= 0.6 is 11.3 Å².